The third kappa shape index (κ3) is 5.44. The molecule has 1 fully saturated rings. The number of hydrogen-bond acceptors (Lipinski definition) is 3. The molecule has 1 aliphatic heterocycles. The number of fused-ring (bicyclic) bond motifs is 1. The van der Waals surface area contributed by atoms with Crippen molar-refractivity contribution < 1.29 is 13.2 Å². The minimum absolute atomic E-state index is 0. The van der Waals surface area contributed by atoms with Gasteiger partial charge in [-0.2, -0.15) is 18.3 Å². The van der Waals surface area contributed by atoms with Crippen LogP contribution < -0.4 is 5.56 Å². The third-order valence-electron chi connectivity index (χ3n) is 6.41. The first-order valence-electron chi connectivity index (χ1n) is 11.5. The maximum Gasteiger partial charge on any atom is 0.416 e. The van der Waals surface area contributed by atoms with Crippen molar-refractivity contribution in [3.05, 3.63) is 82.9 Å². The number of nitrogens with zero attached hydrogens (tertiary/aromatic N) is 4. The third-order valence-corrected chi connectivity index (χ3v) is 6.41. The summed E-state index contributed by atoms with van der Waals surface area (Å²) < 4.78 is 41.9. The van der Waals surface area contributed by atoms with Gasteiger partial charge in [0, 0.05) is 29.9 Å². The summed E-state index contributed by atoms with van der Waals surface area (Å²) in [6, 6.07) is 13.8. The number of hydrogen-bond donors (Lipinski definition) is 0. The SMILES string of the molecule is Cl.O=c1cc(-c2ccc(C(F)(F)F)cc2)ccn1-c1ccc2c(cnn2CCCN2CCCC2)c1. The van der Waals surface area contributed by atoms with Gasteiger partial charge in [0.05, 0.1) is 17.3 Å². The summed E-state index contributed by atoms with van der Waals surface area (Å²) >= 11 is 0. The average molecular weight is 503 g/mol. The number of pyridine rings is 1. The summed E-state index contributed by atoms with van der Waals surface area (Å²) in [7, 11) is 0. The largest absolute Gasteiger partial charge is 0.416 e. The molecule has 0 spiro atoms. The number of halogens is 4. The molecule has 0 amide bonds. The first-order valence-corrected chi connectivity index (χ1v) is 11.5. The van der Waals surface area contributed by atoms with E-state index in [-0.39, 0.29) is 18.0 Å². The summed E-state index contributed by atoms with van der Waals surface area (Å²) in [4.78, 5) is 15.3. The molecule has 0 N–H and O–H groups in total. The summed E-state index contributed by atoms with van der Waals surface area (Å²) in [5.41, 5.74) is 1.90. The Labute approximate surface area is 207 Å². The quantitative estimate of drug-likeness (QED) is 0.335. The molecule has 184 valence electrons. The highest BCUT2D eigenvalue weighted by Gasteiger charge is 2.30. The molecule has 0 bridgehead atoms. The van der Waals surface area contributed by atoms with E-state index in [1.807, 2.05) is 29.1 Å². The fraction of sp³-hybridized carbons (Fsp3) is 0.308. The summed E-state index contributed by atoms with van der Waals surface area (Å²) in [6.07, 6.45) is 2.70. The first kappa shape index (κ1) is 25.0. The molecular formula is C26H26ClF3N4O. The van der Waals surface area contributed by atoms with Gasteiger partial charge >= 0.3 is 6.18 Å². The van der Waals surface area contributed by atoms with Crippen LogP contribution >= 0.6 is 12.4 Å². The molecule has 4 aromatic rings. The first-order chi connectivity index (χ1) is 16.4. The van der Waals surface area contributed by atoms with Gasteiger partial charge in [0.1, 0.15) is 0 Å². The van der Waals surface area contributed by atoms with Crippen LogP contribution in [0.2, 0.25) is 0 Å². The van der Waals surface area contributed by atoms with E-state index in [1.54, 1.807) is 12.3 Å². The van der Waals surface area contributed by atoms with Crippen LogP contribution in [0.15, 0.2) is 71.8 Å². The summed E-state index contributed by atoms with van der Waals surface area (Å²) in [5, 5.41) is 5.48. The standard InChI is InChI=1S/C26H25F3N4O.ClH/c27-26(28,29)22-6-4-19(5-7-22)20-10-15-32(25(34)17-20)23-8-9-24-21(16-23)18-30-33(24)14-3-13-31-11-1-2-12-31;/h4-10,15-18H,1-3,11-14H2;1H. The minimum Gasteiger partial charge on any atom is -0.303 e. The van der Waals surface area contributed by atoms with Crippen LogP contribution in [0.5, 0.6) is 0 Å². The Morgan fingerprint density at radius 3 is 2.31 bits per heavy atom. The van der Waals surface area contributed by atoms with E-state index < -0.39 is 11.7 Å². The molecular weight excluding hydrogens is 477 g/mol. The molecule has 0 radical (unpaired) electrons. The minimum atomic E-state index is -4.39. The second-order valence-corrected chi connectivity index (χ2v) is 8.71. The average Bonchev–Trinajstić information content (AvgIpc) is 3.48. The van der Waals surface area contributed by atoms with Gasteiger partial charge in [0.15, 0.2) is 0 Å². The predicted molar refractivity (Wildman–Crippen MR) is 133 cm³/mol. The van der Waals surface area contributed by atoms with Crippen LogP contribution in [0.4, 0.5) is 13.2 Å². The molecule has 0 aliphatic carbocycles. The predicted octanol–water partition coefficient (Wildman–Crippen LogP) is 5.78. The maximum absolute atomic E-state index is 12.8. The van der Waals surface area contributed by atoms with E-state index in [0.717, 1.165) is 42.5 Å². The molecule has 3 heterocycles. The van der Waals surface area contributed by atoms with Crippen LogP contribution in [0.3, 0.4) is 0 Å². The highest BCUT2D eigenvalue weighted by Crippen LogP contribution is 2.30. The number of rotatable bonds is 6. The second kappa shape index (κ2) is 10.3. The lowest BCUT2D eigenvalue weighted by molar-refractivity contribution is -0.137. The number of alkyl halides is 3. The lowest BCUT2D eigenvalue weighted by Crippen LogP contribution is -2.21. The molecule has 2 aromatic carbocycles. The fourth-order valence-electron chi connectivity index (χ4n) is 4.58. The van der Waals surface area contributed by atoms with Crippen molar-refractivity contribution in [2.75, 3.05) is 19.6 Å². The topological polar surface area (TPSA) is 43.1 Å². The Bertz CT molecular complexity index is 1360. The van der Waals surface area contributed by atoms with Gasteiger partial charge in [0.25, 0.3) is 5.56 Å². The molecule has 2 aromatic heterocycles. The Kier molecular flexibility index (Phi) is 7.33. The van der Waals surface area contributed by atoms with E-state index in [9.17, 15) is 18.0 Å². The Morgan fingerprint density at radius 1 is 0.886 bits per heavy atom. The fourth-order valence-corrected chi connectivity index (χ4v) is 4.58. The molecule has 9 heteroatoms. The molecule has 1 saturated heterocycles. The summed E-state index contributed by atoms with van der Waals surface area (Å²) in [5.74, 6) is 0. The van der Waals surface area contributed by atoms with Gasteiger partial charge in [-0.15, -0.1) is 12.4 Å². The van der Waals surface area contributed by atoms with E-state index in [0.29, 0.717) is 16.8 Å². The highest BCUT2D eigenvalue weighted by molar-refractivity contribution is 5.85. The zero-order chi connectivity index (χ0) is 23.7. The Balaban J connectivity index is 0.00000289. The molecule has 0 saturated carbocycles. The number of aryl methyl sites for hydroxylation is 1. The Morgan fingerprint density at radius 2 is 1.63 bits per heavy atom. The molecule has 1 aliphatic rings. The second-order valence-electron chi connectivity index (χ2n) is 8.71. The van der Waals surface area contributed by atoms with Crippen molar-refractivity contribution in [2.45, 2.75) is 32.0 Å². The number of benzene rings is 2. The van der Waals surface area contributed by atoms with Crippen molar-refractivity contribution in [3.8, 4) is 16.8 Å². The molecule has 35 heavy (non-hydrogen) atoms. The van der Waals surface area contributed by atoms with Crippen LogP contribution in [0.1, 0.15) is 24.8 Å². The zero-order valence-electron chi connectivity index (χ0n) is 19.0. The molecule has 5 nitrogen and oxygen atoms in total. The van der Waals surface area contributed by atoms with E-state index >= 15 is 0 Å². The van der Waals surface area contributed by atoms with Crippen LogP contribution in [-0.2, 0) is 12.7 Å². The van der Waals surface area contributed by atoms with Gasteiger partial charge in [-0.1, -0.05) is 12.1 Å². The zero-order valence-corrected chi connectivity index (χ0v) is 19.9. The van der Waals surface area contributed by atoms with Crippen molar-refractivity contribution in [3.63, 3.8) is 0 Å². The summed E-state index contributed by atoms with van der Waals surface area (Å²) in [6.45, 7) is 4.31. The van der Waals surface area contributed by atoms with Crippen molar-refractivity contribution in [2.24, 2.45) is 0 Å². The molecule has 0 unspecified atom stereocenters. The lowest BCUT2D eigenvalue weighted by Gasteiger charge is -2.14. The molecule has 0 atom stereocenters. The number of likely N-dealkylation sites (tertiary alicyclic amines) is 1. The van der Waals surface area contributed by atoms with Crippen molar-refractivity contribution >= 4 is 23.3 Å². The number of aromatic nitrogens is 3. The van der Waals surface area contributed by atoms with Gasteiger partial charge in [-0.3, -0.25) is 14.0 Å². The van der Waals surface area contributed by atoms with Crippen LogP contribution in [-0.4, -0.2) is 38.9 Å². The van der Waals surface area contributed by atoms with Gasteiger partial charge in [-0.25, -0.2) is 0 Å². The normalized spacial score (nSPS) is 14.4. The Hall–Kier alpha value is -3.10. The van der Waals surface area contributed by atoms with Crippen molar-refractivity contribution in [1.82, 2.24) is 19.2 Å². The van der Waals surface area contributed by atoms with E-state index in [2.05, 4.69) is 10.00 Å². The maximum atomic E-state index is 12.8. The smallest absolute Gasteiger partial charge is 0.303 e. The van der Waals surface area contributed by atoms with Gasteiger partial charge in [0.2, 0.25) is 0 Å². The highest BCUT2D eigenvalue weighted by atomic mass is 35.5. The van der Waals surface area contributed by atoms with E-state index in [1.165, 1.54) is 48.7 Å². The van der Waals surface area contributed by atoms with Gasteiger partial charge in [-0.05, 0) is 86.4 Å². The van der Waals surface area contributed by atoms with Crippen LogP contribution in [0.25, 0.3) is 27.7 Å². The van der Waals surface area contributed by atoms with Crippen molar-refractivity contribution in [1.29, 1.82) is 0 Å². The van der Waals surface area contributed by atoms with Gasteiger partial charge < -0.3 is 4.90 Å². The monoisotopic (exact) mass is 502 g/mol. The lowest BCUT2D eigenvalue weighted by atomic mass is 10.0. The van der Waals surface area contributed by atoms with E-state index in [4.69, 9.17) is 0 Å². The molecule has 5 rings (SSSR count). The van der Waals surface area contributed by atoms with Crippen LogP contribution in [0, 0.1) is 0 Å².